The van der Waals surface area contributed by atoms with Gasteiger partial charge in [-0.25, -0.2) is 5.01 Å². The molecule has 0 aromatic heterocycles. The van der Waals surface area contributed by atoms with E-state index in [1.165, 1.54) is 50.2 Å². The summed E-state index contributed by atoms with van der Waals surface area (Å²) in [4.78, 5) is 2.47. The zero-order valence-corrected chi connectivity index (χ0v) is 31.2. The first-order valence-electron chi connectivity index (χ1n) is 17.9. The summed E-state index contributed by atoms with van der Waals surface area (Å²) in [7, 11) is 0. The van der Waals surface area contributed by atoms with Gasteiger partial charge in [-0.15, -0.1) is 0 Å². The Balaban J connectivity index is 1.64. The number of para-hydroxylation sites is 2. The standard InChI is InChI=1S/C46H53N3/c1-31(2)38-23-17-24-39(32(3)4)42(38)48-30-49(47-44(48)34-21-15-12-16-22-34)43-40(33-19-13-11-14-20-33)25-18-26-41(43)35-27-36(45(5,6)7)29-37(28-35)46(8,9)10/h11-29,31-32H,30H2,1-10H3. The summed E-state index contributed by atoms with van der Waals surface area (Å²) in [6.45, 7) is 23.7. The maximum absolute atomic E-state index is 5.58. The van der Waals surface area contributed by atoms with E-state index in [9.17, 15) is 0 Å². The zero-order chi connectivity index (χ0) is 35.1. The van der Waals surface area contributed by atoms with E-state index in [0.29, 0.717) is 18.5 Å². The number of nitrogens with zero attached hydrogens (tertiary/aromatic N) is 3. The zero-order valence-electron chi connectivity index (χ0n) is 31.2. The van der Waals surface area contributed by atoms with Gasteiger partial charge in [0.05, 0.1) is 11.4 Å². The number of benzene rings is 5. The van der Waals surface area contributed by atoms with Crippen molar-refractivity contribution in [3.63, 3.8) is 0 Å². The fraction of sp³-hybridized carbons (Fsp3) is 0.326. The molecular formula is C46H53N3. The van der Waals surface area contributed by atoms with Crippen LogP contribution in [0.3, 0.4) is 0 Å². The minimum absolute atomic E-state index is 0.00406. The molecule has 0 bridgehead atoms. The predicted octanol–water partition coefficient (Wildman–Crippen LogP) is 12.5. The van der Waals surface area contributed by atoms with Crippen LogP contribution in [-0.4, -0.2) is 12.5 Å². The van der Waals surface area contributed by atoms with Crippen molar-refractivity contribution in [3.05, 3.63) is 143 Å². The van der Waals surface area contributed by atoms with Crippen LogP contribution in [0.2, 0.25) is 0 Å². The highest BCUT2D eigenvalue weighted by atomic mass is 15.6. The maximum atomic E-state index is 5.58. The fourth-order valence-corrected chi connectivity index (χ4v) is 6.88. The molecule has 0 fully saturated rings. The predicted molar refractivity (Wildman–Crippen MR) is 212 cm³/mol. The fourth-order valence-electron chi connectivity index (χ4n) is 6.88. The summed E-state index contributed by atoms with van der Waals surface area (Å²) in [6.07, 6.45) is 0. The molecule has 1 aliphatic heterocycles. The van der Waals surface area contributed by atoms with Crippen LogP contribution in [0, 0.1) is 0 Å². The highest BCUT2D eigenvalue weighted by molar-refractivity contribution is 6.13. The van der Waals surface area contributed by atoms with E-state index >= 15 is 0 Å². The first-order chi connectivity index (χ1) is 23.2. The Hall–Kier alpha value is -4.63. The van der Waals surface area contributed by atoms with Gasteiger partial charge in [0.1, 0.15) is 6.67 Å². The van der Waals surface area contributed by atoms with Gasteiger partial charge in [-0.1, -0.05) is 184 Å². The third-order valence-electron chi connectivity index (χ3n) is 9.75. The van der Waals surface area contributed by atoms with Crippen molar-refractivity contribution in [2.24, 2.45) is 5.10 Å². The van der Waals surface area contributed by atoms with Crippen molar-refractivity contribution in [3.8, 4) is 22.3 Å². The van der Waals surface area contributed by atoms with E-state index in [1.807, 2.05) is 0 Å². The topological polar surface area (TPSA) is 18.8 Å². The summed E-state index contributed by atoms with van der Waals surface area (Å²) in [6, 6.07) is 42.3. The normalized spacial score (nSPS) is 13.8. The first-order valence-corrected chi connectivity index (χ1v) is 17.9. The lowest BCUT2D eigenvalue weighted by molar-refractivity contribution is 0.569. The molecule has 5 aromatic carbocycles. The minimum atomic E-state index is 0.00406. The van der Waals surface area contributed by atoms with Crippen LogP contribution in [0.1, 0.15) is 109 Å². The first kappa shape index (κ1) is 34.2. The van der Waals surface area contributed by atoms with Crippen molar-refractivity contribution in [2.75, 3.05) is 16.6 Å². The molecule has 49 heavy (non-hydrogen) atoms. The van der Waals surface area contributed by atoms with Crippen LogP contribution >= 0.6 is 0 Å². The van der Waals surface area contributed by atoms with Gasteiger partial charge >= 0.3 is 0 Å². The highest BCUT2D eigenvalue weighted by Gasteiger charge is 2.33. The third-order valence-corrected chi connectivity index (χ3v) is 9.75. The Kier molecular flexibility index (Phi) is 9.33. The Morgan fingerprint density at radius 2 is 0.980 bits per heavy atom. The van der Waals surface area contributed by atoms with Gasteiger partial charge in [0.15, 0.2) is 5.84 Å². The SMILES string of the molecule is CC(C)c1cccc(C(C)C)c1N1CN(c2c(-c3ccccc3)cccc2-c2cc(C(C)(C)C)cc(C(C)(C)C)c2)N=C1c1ccccc1. The van der Waals surface area contributed by atoms with Gasteiger partial charge in [0.25, 0.3) is 0 Å². The second kappa shape index (κ2) is 13.3. The molecule has 1 aliphatic rings. The van der Waals surface area contributed by atoms with Gasteiger partial charge in [0, 0.05) is 16.7 Å². The van der Waals surface area contributed by atoms with Crippen LogP contribution < -0.4 is 9.91 Å². The molecular weight excluding hydrogens is 595 g/mol. The average Bonchev–Trinajstić information content (AvgIpc) is 3.52. The molecule has 0 amide bonds. The lowest BCUT2D eigenvalue weighted by atomic mass is 9.78. The van der Waals surface area contributed by atoms with E-state index in [-0.39, 0.29) is 10.8 Å². The van der Waals surface area contributed by atoms with Crippen LogP contribution in [0.15, 0.2) is 120 Å². The van der Waals surface area contributed by atoms with E-state index < -0.39 is 0 Å². The molecule has 1 heterocycles. The van der Waals surface area contributed by atoms with E-state index in [2.05, 4.69) is 194 Å². The quantitative estimate of drug-likeness (QED) is 0.175. The van der Waals surface area contributed by atoms with Gasteiger partial charge in [-0.3, -0.25) is 0 Å². The van der Waals surface area contributed by atoms with Crippen LogP contribution in [0.25, 0.3) is 22.3 Å². The maximum Gasteiger partial charge on any atom is 0.162 e. The van der Waals surface area contributed by atoms with E-state index in [0.717, 1.165) is 17.1 Å². The molecule has 5 aromatic rings. The van der Waals surface area contributed by atoms with E-state index in [4.69, 9.17) is 5.10 Å². The van der Waals surface area contributed by atoms with Crippen molar-refractivity contribution in [2.45, 2.75) is 91.9 Å². The summed E-state index contributed by atoms with van der Waals surface area (Å²) >= 11 is 0. The summed E-state index contributed by atoms with van der Waals surface area (Å²) in [5, 5.41) is 7.84. The van der Waals surface area contributed by atoms with E-state index in [1.54, 1.807) is 0 Å². The molecule has 0 unspecified atom stereocenters. The van der Waals surface area contributed by atoms with Crippen LogP contribution in [0.4, 0.5) is 11.4 Å². The molecule has 0 atom stereocenters. The summed E-state index contributed by atoms with van der Waals surface area (Å²) in [5.41, 5.74) is 13.7. The number of amidine groups is 1. The number of rotatable bonds is 7. The lowest BCUT2D eigenvalue weighted by Gasteiger charge is -2.30. The van der Waals surface area contributed by atoms with Gasteiger partial charge in [0.2, 0.25) is 0 Å². The Bertz CT molecular complexity index is 1900. The molecule has 0 aliphatic carbocycles. The molecule has 0 N–H and O–H groups in total. The Morgan fingerprint density at radius 1 is 0.510 bits per heavy atom. The largest absolute Gasteiger partial charge is 0.304 e. The molecule has 0 spiro atoms. The second-order valence-corrected chi connectivity index (χ2v) is 16.2. The molecule has 252 valence electrons. The monoisotopic (exact) mass is 647 g/mol. The minimum Gasteiger partial charge on any atom is -0.304 e. The number of anilines is 2. The second-order valence-electron chi connectivity index (χ2n) is 16.2. The van der Waals surface area contributed by atoms with Crippen LogP contribution in [0.5, 0.6) is 0 Å². The number of hydrazone groups is 1. The lowest BCUT2D eigenvalue weighted by Crippen LogP contribution is -2.33. The number of hydrogen-bond donors (Lipinski definition) is 0. The van der Waals surface area contributed by atoms with Crippen LogP contribution in [-0.2, 0) is 10.8 Å². The smallest absolute Gasteiger partial charge is 0.162 e. The van der Waals surface area contributed by atoms with Crippen molar-refractivity contribution < 1.29 is 0 Å². The molecule has 3 nitrogen and oxygen atoms in total. The summed E-state index contributed by atoms with van der Waals surface area (Å²) in [5.74, 6) is 1.70. The molecule has 0 radical (unpaired) electrons. The average molecular weight is 648 g/mol. The molecule has 0 saturated carbocycles. The molecule has 3 heteroatoms. The number of hydrogen-bond acceptors (Lipinski definition) is 3. The van der Waals surface area contributed by atoms with Gasteiger partial charge in [-0.2, -0.15) is 5.10 Å². The van der Waals surface area contributed by atoms with Crippen molar-refractivity contribution in [1.82, 2.24) is 0 Å². The van der Waals surface area contributed by atoms with Gasteiger partial charge in [-0.05, 0) is 56.0 Å². The summed E-state index contributed by atoms with van der Waals surface area (Å²) < 4.78 is 0. The molecule has 0 saturated heterocycles. The molecule has 6 rings (SSSR count). The highest BCUT2D eigenvalue weighted by Crippen LogP contribution is 2.45. The Labute approximate surface area is 295 Å². The Morgan fingerprint density at radius 3 is 1.47 bits per heavy atom. The van der Waals surface area contributed by atoms with Crippen molar-refractivity contribution in [1.29, 1.82) is 0 Å². The van der Waals surface area contributed by atoms with Crippen molar-refractivity contribution >= 4 is 17.2 Å². The third kappa shape index (κ3) is 6.95. The van der Waals surface area contributed by atoms with Gasteiger partial charge < -0.3 is 4.90 Å².